The van der Waals surface area contributed by atoms with Gasteiger partial charge in [-0.05, 0) is 160 Å². The van der Waals surface area contributed by atoms with Crippen LogP contribution in [0.3, 0.4) is 0 Å². The van der Waals surface area contributed by atoms with Gasteiger partial charge in [0.2, 0.25) is 30.0 Å². The molecule has 0 aliphatic carbocycles. The summed E-state index contributed by atoms with van der Waals surface area (Å²) < 4.78 is 86.1. The number of fused-ring (bicyclic) bond motifs is 4. The first kappa shape index (κ1) is 106. The quantitative estimate of drug-likeness (QED) is 0.00742. The summed E-state index contributed by atoms with van der Waals surface area (Å²) in [6.45, 7) is 21.1. The first-order valence-electron chi connectivity index (χ1n) is 39.6. The maximum atomic E-state index is 12.3. The Labute approximate surface area is 786 Å². The number of esters is 1. The van der Waals surface area contributed by atoms with Gasteiger partial charge in [-0.3, -0.25) is 13.7 Å². The molecule has 684 valence electrons. The monoisotopic (exact) mass is 2040 g/mol. The smallest absolute Gasteiger partial charge is 0.341 e. The number of nitrogens with zero attached hydrogens (tertiary/aromatic N) is 7. The molecule has 0 bridgehead atoms. The molecule has 4 heterocycles. The van der Waals surface area contributed by atoms with Gasteiger partial charge in [-0.15, -0.1) is 6.42 Å². The number of ether oxygens (including phenoxy) is 6. The number of benzene rings is 8. The third-order valence-corrected chi connectivity index (χ3v) is 27.5. The Kier molecular flexibility index (Phi) is 41.0. The van der Waals surface area contributed by atoms with E-state index in [-0.39, 0.29) is 69.0 Å². The largest absolute Gasteiger partial charge is 0.479 e. The Hall–Kier alpha value is -9.99. The predicted molar refractivity (Wildman–Crippen MR) is 517 cm³/mol. The molecule has 38 heteroatoms. The van der Waals surface area contributed by atoms with Crippen molar-refractivity contribution in [1.82, 2.24) is 38.6 Å². The van der Waals surface area contributed by atoms with E-state index in [1.54, 1.807) is 86.5 Å². The fourth-order valence-electron chi connectivity index (χ4n) is 10.9. The van der Waals surface area contributed by atoms with E-state index >= 15 is 0 Å². The minimum absolute atomic E-state index is 0.0116. The Morgan fingerprint density at radius 2 is 0.791 bits per heavy atom. The summed E-state index contributed by atoms with van der Waals surface area (Å²) in [5, 5.41) is 63.3. The number of methoxy groups -OCH3 is 1. The van der Waals surface area contributed by atoms with Gasteiger partial charge in [0.15, 0.2) is 13.2 Å². The first-order chi connectivity index (χ1) is 60.8. The van der Waals surface area contributed by atoms with Crippen LogP contribution in [0.25, 0.3) is 44.1 Å². The van der Waals surface area contributed by atoms with Crippen molar-refractivity contribution in [3.63, 3.8) is 0 Å². The highest BCUT2D eigenvalue weighted by Crippen LogP contribution is 2.32. The van der Waals surface area contributed by atoms with E-state index < -0.39 is 81.6 Å². The molecule has 0 aliphatic rings. The lowest BCUT2D eigenvalue weighted by molar-refractivity contribution is -0.144. The fourth-order valence-corrected chi connectivity index (χ4v) is 16.0. The molecule has 8 aromatic carbocycles. The van der Waals surface area contributed by atoms with E-state index in [1.165, 1.54) is 7.11 Å². The van der Waals surface area contributed by atoms with Crippen molar-refractivity contribution in [2.45, 2.75) is 134 Å². The van der Waals surface area contributed by atoms with Crippen molar-refractivity contribution < 1.29 is 95.4 Å². The highest BCUT2D eigenvalue weighted by molar-refractivity contribution is 14.1. The van der Waals surface area contributed by atoms with Gasteiger partial charge in [0.25, 0.3) is 12.0 Å². The molecule has 0 aliphatic heterocycles. The van der Waals surface area contributed by atoms with Crippen molar-refractivity contribution in [2.24, 2.45) is 0 Å². The molecule has 0 saturated carbocycles. The Morgan fingerprint density at radius 3 is 1.14 bits per heavy atom. The molecule has 0 unspecified atom stereocenters. The molecule has 12 aromatic rings. The molecule has 0 fully saturated rings. The number of hydrogen-bond donors (Lipinski definition) is 8. The van der Waals surface area contributed by atoms with Crippen LogP contribution in [0.2, 0.25) is 97.1 Å². The summed E-state index contributed by atoms with van der Waals surface area (Å²) in [5.74, 6) is 17.9. The number of carboxylic acid groups (broad SMARTS) is 2. The molecule has 0 spiro atoms. The summed E-state index contributed by atoms with van der Waals surface area (Å²) in [6.07, 6.45) is 7.41. The van der Waals surface area contributed by atoms with E-state index in [9.17, 15) is 31.2 Å². The normalized spacial score (nSPS) is 11.2. The number of imidazole rings is 4. The van der Waals surface area contributed by atoms with Crippen molar-refractivity contribution in [3.05, 3.63) is 230 Å². The maximum absolute atomic E-state index is 12.3. The lowest BCUT2D eigenvalue weighted by atomic mass is 10.1. The number of nitrogens with one attached hydrogen (secondary N) is 1. The van der Waals surface area contributed by atoms with Gasteiger partial charge < -0.3 is 69.2 Å². The minimum atomic E-state index is -3.57. The molecule has 129 heavy (non-hydrogen) atoms. The van der Waals surface area contributed by atoms with Gasteiger partial charge in [0.05, 0.1) is 97.8 Å². The number of aromatic amines is 1. The van der Waals surface area contributed by atoms with Crippen LogP contribution in [0.15, 0.2) is 156 Å². The number of aliphatic hydroxyl groups excluding tert-OH is 5. The molecule has 8 N–H and O–H groups in total. The van der Waals surface area contributed by atoms with Crippen LogP contribution in [-0.2, 0) is 99.6 Å². The molecule has 0 radical (unpaired) electrons. The number of sulfone groups is 2. The zero-order valence-corrected chi connectivity index (χ0v) is 82.8. The lowest BCUT2D eigenvalue weighted by Gasteiger charge is -2.16. The zero-order valence-electron chi connectivity index (χ0n) is 73.0. The van der Waals surface area contributed by atoms with Gasteiger partial charge in [-0.2, -0.15) is 9.97 Å². The number of aliphatic hydroxyl groups is 5. The average Bonchev–Trinajstić information content (AvgIpc) is 1.66. The Balaban J connectivity index is 0.000000224. The third kappa shape index (κ3) is 35.0. The van der Waals surface area contributed by atoms with Gasteiger partial charge >= 0.3 is 17.9 Å². The summed E-state index contributed by atoms with van der Waals surface area (Å²) in [6, 6.07) is 46.0. The van der Waals surface area contributed by atoms with Gasteiger partial charge in [0, 0.05) is 99.1 Å². The highest BCUT2D eigenvalue weighted by atomic mass is 127. The molecule has 0 atom stereocenters. The van der Waals surface area contributed by atoms with Crippen LogP contribution in [0.1, 0.15) is 61.2 Å². The van der Waals surface area contributed by atoms with E-state index in [2.05, 4.69) is 153 Å². The second-order valence-electron chi connectivity index (χ2n) is 32.3. The number of carbonyl (C=O) groups excluding carboxylic acids is 1. The number of halogens is 5. The van der Waals surface area contributed by atoms with Crippen molar-refractivity contribution in [2.75, 3.05) is 59.3 Å². The van der Waals surface area contributed by atoms with E-state index in [0.29, 0.717) is 101 Å². The van der Waals surface area contributed by atoms with Crippen molar-refractivity contribution >= 4 is 175 Å². The van der Waals surface area contributed by atoms with Crippen LogP contribution in [0.5, 0.6) is 12.0 Å². The minimum Gasteiger partial charge on any atom is -0.479 e. The molecular weight excluding hydrogens is 1940 g/mol. The molecular formula is C91H101Cl4IN8O20S2Si3. The Morgan fingerprint density at radius 1 is 0.450 bits per heavy atom. The molecule has 28 nitrogen and oxygen atoms in total. The second-order valence-corrected chi connectivity index (χ2v) is 55.7. The van der Waals surface area contributed by atoms with Gasteiger partial charge in [-0.25, -0.2) is 41.2 Å². The number of rotatable bonds is 28. The average molecular weight is 2040 g/mol. The van der Waals surface area contributed by atoms with Crippen LogP contribution in [0.4, 0.5) is 0 Å². The summed E-state index contributed by atoms with van der Waals surface area (Å²) in [5.41, 5.74) is 13.1. The molecule has 0 amide bonds. The number of carbonyl (C=O) groups is 3. The highest BCUT2D eigenvalue weighted by Gasteiger charge is 2.25. The van der Waals surface area contributed by atoms with Crippen LogP contribution in [0, 0.1) is 51.4 Å². The predicted octanol–water partition coefficient (Wildman–Crippen LogP) is 15.5. The standard InChI is InChI=1S/C24H27ClN2O5Si.C23H27ClN2O4SSi.C18H13ClN2O4.C14H20ClIN2O3SSi.C9H8O.C3H6O3/c1-33(2,3)11-10-31-16-27-22-13-20(25)19(9-8-17-4-6-18(14-28)7-5-17)12-21(22)26-24(27)32-15-23(29)30;1-31(28,29)23-25-21-13-19(10-9-17-5-7-18(15-27)8-6-17)20(24)14-22(21)26(23)16-30-11-12-32(2,3)4;19-14-8-16-15(20-18(21-16)25-10-17(23)24)7-13(14)6-5-11-1-3-12(9-22)4-2-11;1-22(19,20)14-17-12-8-11(16)10(15)7-13(12)18(14)9-21-5-6-23(2,3)4;1-2-8-3-5-9(7-10)6-4-8;1-6-3(5)2-4/h4-7,12-13,28H,10-11,14-16H2,1-3H3,(H,29,30);5-8,13-14,27H,11-12,15-16H2,1-4H3;1-4,7-8,22H,9-10H2,(H,20,21)(H,23,24);7-8H,5-6,9H2,1-4H3;1,3-6,10H,7H2;4H,2H2,1H3. The number of carboxylic acids is 2. The van der Waals surface area contributed by atoms with E-state index in [1.807, 2.05) is 72.8 Å². The summed E-state index contributed by atoms with van der Waals surface area (Å²) >= 11 is 27.5. The second kappa shape index (κ2) is 49.9. The van der Waals surface area contributed by atoms with Gasteiger partial charge in [-0.1, -0.05) is 195 Å². The first-order valence-corrected chi connectivity index (χ1v) is 57.1. The van der Waals surface area contributed by atoms with Gasteiger partial charge in [0.1, 0.15) is 26.8 Å². The van der Waals surface area contributed by atoms with Crippen molar-refractivity contribution in [3.8, 4) is 59.9 Å². The molecule has 0 saturated heterocycles. The number of hydrogen-bond acceptors (Lipinski definition) is 22. The summed E-state index contributed by atoms with van der Waals surface area (Å²) in [4.78, 5) is 51.3. The lowest BCUT2D eigenvalue weighted by Crippen LogP contribution is -2.22. The number of H-pyrrole nitrogens is 1. The van der Waals surface area contributed by atoms with Crippen LogP contribution >= 0.6 is 69.0 Å². The molecule has 4 aromatic heterocycles. The topological polar surface area (TPSA) is 399 Å². The fraction of sp³-hybridized carbons (Fsp3) is 0.308. The molecule has 12 rings (SSSR count). The van der Waals surface area contributed by atoms with Crippen LogP contribution in [-0.4, -0.2) is 193 Å². The zero-order chi connectivity index (χ0) is 95.1. The number of terminal acetylenes is 1. The number of aromatic nitrogens is 8. The summed E-state index contributed by atoms with van der Waals surface area (Å²) in [7, 11) is -9.49. The number of aliphatic carboxylic acids is 2. The SMILES string of the molecule is C#Cc1ccc(CO)cc1.COC(=O)CO.C[Si](C)(C)CCOCn1c(OCC(=O)O)nc2cc(C#Cc3ccc(CO)cc3)c(Cl)cc21.C[Si](C)(C)CCOCn1c(S(C)(=O)=O)nc2cc(C#Cc3ccc(CO)cc3)c(Cl)cc21.C[Si](C)(C)CCOCn1c(S(C)(=O)=O)nc2cc(I)c(Cl)cc21.O=C(O)COc1nc2cc(Cl)c(C#Cc3ccc(CO)cc3)cc2[nH]1. The Bertz CT molecular complexity index is 6370. The third-order valence-electron chi connectivity index (χ3n) is 18.0. The van der Waals surface area contributed by atoms with Crippen LogP contribution < -0.4 is 9.47 Å². The van der Waals surface area contributed by atoms with Crippen molar-refractivity contribution in [1.29, 1.82) is 0 Å². The van der Waals surface area contributed by atoms with E-state index in [4.69, 9.17) is 112 Å². The van der Waals surface area contributed by atoms with E-state index in [0.717, 1.165) is 78.7 Å². The maximum Gasteiger partial charge on any atom is 0.341 e.